The monoisotopic (exact) mass is 331 g/mol. The van der Waals surface area contributed by atoms with Crippen LogP contribution in [0.25, 0.3) is 0 Å². The zero-order valence-corrected chi connectivity index (χ0v) is 13.6. The fourth-order valence-electron chi connectivity index (χ4n) is 2.10. The van der Waals surface area contributed by atoms with Crippen LogP contribution in [0.4, 0.5) is 0 Å². The minimum absolute atomic E-state index is 0.102. The first-order valence-corrected chi connectivity index (χ1v) is 8.31. The lowest BCUT2D eigenvalue weighted by Crippen LogP contribution is -2.54. The van der Waals surface area contributed by atoms with Crippen molar-refractivity contribution in [2.24, 2.45) is 0 Å². The molecular formula is C13H21N3O5S. The minimum atomic E-state index is -0.562. The van der Waals surface area contributed by atoms with Crippen molar-refractivity contribution in [3.8, 4) is 0 Å². The van der Waals surface area contributed by atoms with Gasteiger partial charge in [-0.2, -0.15) is 0 Å². The van der Waals surface area contributed by atoms with Crippen molar-refractivity contribution in [1.29, 1.82) is 0 Å². The molecule has 9 heteroatoms. The Morgan fingerprint density at radius 2 is 1.77 bits per heavy atom. The summed E-state index contributed by atoms with van der Waals surface area (Å²) in [6, 6.07) is 0. The second kappa shape index (κ2) is 7.80. The molecule has 1 saturated heterocycles. The number of aromatic nitrogens is 3. The van der Waals surface area contributed by atoms with E-state index in [0.717, 1.165) is 13.7 Å². The Labute approximate surface area is 131 Å². The summed E-state index contributed by atoms with van der Waals surface area (Å²) in [7, 11) is 0. The van der Waals surface area contributed by atoms with Crippen LogP contribution in [-0.4, -0.2) is 38.8 Å². The molecule has 1 aliphatic heterocycles. The molecular weight excluding hydrogens is 310 g/mol. The van der Waals surface area contributed by atoms with Gasteiger partial charge in [0.15, 0.2) is 0 Å². The first-order valence-electron chi connectivity index (χ1n) is 7.40. The van der Waals surface area contributed by atoms with Crippen molar-refractivity contribution in [2.75, 3.05) is 19.0 Å². The predicted molar refractivity (Wildman–Crippen MR) is 83.3 cm³/mol. The van der Waals surface area contributed by atoms with Gasteiger partial charge in [0, 0.05) is 18.8 Å². The third-order valence-electron chi connectivity index (χ3n) is 3.30. The lowest BCUT2D eigenvalue weighted by atomic mass is 10.4. The lowest BCUT2D eigenvalue weighted by molar-refractivity contribution is 0.359. The fraction of sp³-hybridized carbons (Fsp3) is 0.769. The van der Waals surface area contributed by atoms with Gasteiger partial charge in [-0.1, -0.05) is 0 Å². The molecule has 0 aliphatic carbocycles. The van der Waals surface area contributed by atoms with Gasteiger partial charge in [0.25, 0.3) is 0 Å². The molecule has 1 aromatic heterocycles. The highest BCUT2D eigenvalue weighted by atomic mass is 32.2. The number of hydrogen-bond acceptors (Lipinski definition) is 6. The molecule has 1 fully saturated rings. The van der Waals surface area contributed by atoms with Crippen LogP contribution in [0.3, 0.4) is 0 Å². The summed E-state index contributed by atoms with van der Waals surface area (Å²) < 4.78 is 13.5. The smallest absolute Gasteiger partial charge is 0.336 e. The molecule has 0 spiro atoms. The van der Waals surface area contributed by atoms with Crippen molar-refractivity contribution < 1.29 is 8.92 Å². The number of rotatable bonds is 9. The van der Waals surface area contributed by atoms with E-state index in [2.05, 4.69) is 0 Å². The normalized spacial score (nSPS) is 16.9. The Hall–Kier alpha value is -1.32. The Balaban J connectivity index is 2.25. The van der Waals surface area contributed by atoms with Gasteiger partial charge in [0.1, 0.15) is 0 Å². The largest absolute Gasteiger partial charge is 0.371 e. The van der Waals surface area contributed by atoms with E-state index < -0.39 is 17.1 Å². The topological polar surface area (TPSA) is 87.8 Å². The molecule has 2 heterocycles. The number of hydrogen-bond donors (Lipinski definition) is 0. The molecule has 124 valence electrons. The van der Waals surface area contributed by atoms with Crippen molar-refractivity contribution in [3.05, 3.63) is 31.5 Å². The number of ether oxygens (including phenoxy) is 1. The van der Waals surface area contributed by atoms with Crippen LogP contribution in [0.1, 0.15) is 20.3 Å². The van der Waals surface area contributed by atoms with Crippen molar-refractivity contribution in [3.63, 3.8) is 0 Å². The lowest BCUT2D eigenvalue weighted by Gasteiger charge is -2.12. The molecule has 1 atom stereocenters. The van der Waals surface area contributed by atoms with Crippen LogP contribution in [0.5, 0.6) is 0 Å². The summed E-state index contributed by atoms with van der Waals surface area (Å²) in [6.45, 7) is 5.46. The first kappa shape index (κ1) is 17.0. The van der Waals surface area contributed by atoms with Gasteiger partial charge < -0.3 is 8.92 Å². The molecule has 0 amide bonds. The van der Waals surface area contributed by atoms with Gasteiger partial charge in [-0.3, -0.25) is 0 Å². The van der Waals surface area contributed by atoms with Crippen LogP contribution in [0, 0.1) is 0 Å². The zero-order valence-electron chi connectivity index (χ0n) is 12.8. The van der Waals surface area contributed by atoms with Crippen molar-refractivity contribution in [2.45, 2.75) is 46.0 Å². The summed E-state index contributed by atoms with van der Waals surface area (Å²) in [4.78, 5) is 36.8. The maximum Gasteiger partial charge on any atom is 0.336 e. The molecule has 0 aromatic carbocycles. The molecule has 0 bridgehead atoms. The molecule has 8 nitrogen and oxygen atoms in total. The quantitative estimate of drug-likeness (QED) is 0.350. The molecule has 0 saturated carbocycles. The highest BCUT2D eigenvalue weighted by molar-refractivity contribution is 7.94. The van der Waals surface area contributed by atoms with Gasteiger partial charge in [-0.15, -0.1) is 0 Å². The Morgan fingerprint density at radius 3 is 2.36 bits per heavy atom. The first-order chi connectivity index (χ1) is 10.6. The molecule has 1 aromatic rings. The summed E-state index contributed by atoms with van der Waals surface area (Å²) in [5.74, 6) is 0.677. The highest BCUT2D eigenvalue weighted by Gasteiger charge is 2.26. The van der Waals surface area contributed by atoms with E-state index in [0.29, 0.717) is 25.4 Å². The molecule has 22 heavy (non-hydrogen) atoms. The molecule has 0 N–H and O–H groups in total. The van der Waals surface area contributed by atoms with E-state index in [4.69, 9.17) is 8.92 Å². The van der Waals surface area contributed by atoms with Crippen LogP contribution >= 0.6 is 12.0 Å². The van der Waals surface area contributed by atoms with Crippen LogP contribution in [0.2, 0.25) is 0 Å². The van der Waals surface area contributed by atoms with Gasteiger partial charge in [-0.05, 0) is 32.3 Å². The fourth-order valence-corrected chi connectivity index (χ4v) is 2.63. The van der Waals surface area contributed by atoms with Crippen molar-refractivity contribution in [1.82, 2.24) is 13.7 Å². The molecule has 1 unspecified atom stereocenters. The van der Waals surface area contributed by atoms with E-state index in [1.165, 1.54) is 12.0 Å². The maximum atomic E-state index is 12.4. The minimum Gasteiger partial charge on any atom is -0.371 e. The Bertz CT molecular complexity index is 674. The van der Waals surface area contributed by atoms with Gasteiger partial charge in [0.2, 0.25) is 0 Å². The second-order valence-corrected chi connectivity index (χ2v) is 5.77. The Morgan fingerprint density at radius 1 is 1.14 bits per heavy atom. The van der Waals surface area contributed by atoms with E-state index in [9.17, 15) is 14.4 Å². The van der Waals surface area contributed by atoms with E-state index in [1.54, 1.807) is 6.92 Å². The van der Waals surface area contributed by atoms with Crippen LogP contribution < -0.4 is 17.1 Å². The highest BCUT2D eigenvalue weighted by Crippen LogP contribution is 2.09. The van der Waals surface area contributed by atoms with Crippen LogP contribution in [-0.2, 0) is 28.6 Å². The summed E-state index contributed by atoms with van der Waals surface area (Å²) >= 11 is 1.31. The van der Waals surface area contributed by atoms with Gasteiger partial charge in [-0.25, -0.2) is 28.1 Å². The average molecular weight is 331 g/mol. The van der Waals surface area contributed by atoms with Crippen molar-refractivity contribution >= 4 is 12.0 Å². The molecule has 2 rings (SSSR count). The second-order valence-electron chi connectivity index (χ2n) is 4.89. The molecule has 1 aliphatic rings. The van der Waals surface area contributed by atoms with Gasteiger partial charge >= 0.3 is 17.1 Å². The summed E-state index contributed by atoms with van der Waals surface area (Å²) in [6.07, 6.45) is 0.511. The SMILES string of the molecule is CCOSCCCn1c(=O)n(CC)c(=O)n(CC2CO2)c1=O. The predicted octanol–water partition coefficient (Wildman–Crippen LogP) is -0.335. The third-order valence-corrected chi connectivity index (χ3v) is 4.16. The maximum absolute atomic E-state index is 12.4. The van der Waals surface area contributed by atoms with Crippen LogP contribution in [0.15, 0.2) is 14.4 Å². The third kappa shape index (κ3) is 3.90. The average Bonchev–Trinajstić information content (AvgIpc) is 3.31. The Kier molecular flexibility index (Phi) is 6.04. The van der Waals surface area contributed by atoms with Gasteiger partial charge in [0.05, 0.1) is 25.9 Å². The summed E-state index contributed by atoms with van der Waals surface area (Å²) in [5, 5.41) is 0. The summed E-state index contributed by atoms with van der Waals surface area (Å²) in [5.41, 5.74) is -1.67. The zero-order chi connectivity index (χ0) is 16.1. The number of epoxide rings is 1. The van der Waals surface area contributed by atoms with E-state index in [-0.39, 0.29) is 25.7 Å². The standard InChI is InChI=1S/C13H21N3O5S/c1-3-14-11(17)15(6-5-7-22-21-4-2)13(19)16(12(14)18)8-10-9-20-10/h10H,3-9H2,1-2H3. The number of nitrogens with zero attached hydrogens (tertiary/aromatic N) is 3. The molecule has 0 radical (unpaired) electrons. The van der Waals surface area contributed by atoms with E-state index in [1.807, 2.05) is 6.92 Å². The van der Waals surface area contributed by atoms with E-state index >= 15 is 0 Å².